The SMILES string of the molecule is COc1ccc([C@@H](Cc2c(Cl)c[n+]([O-])cc2Cl)c2cc(CN(C(=O)O[C@H]3CN4CCC3CC4)c3ccccc3F)ccc2C(=O)O)cc1OC1CCCC1. The number of aromatic carboxylic acids is 1. The highest BCUT2D eigenvalue weighted by atomic mass is 35.5. The molecule has 13 heteroatoms. The van der Waals surface area contributed by atoms with E-state index in [9.17, 15) is 19.9 Å². The summed E-state index contributed by atoms with van der Waals surface area (Å²) in [4.78, 5) is 30.4. The fourth-order valence-corrected chi connectivity index (χ4v) is 8.66. The van der Waals surface area contributed by atoms with E-state index in [0.717, 1.165) is 51.6 Å². The third-order valence-corrected chi connectivity index (χ3v) is 11.6. The van der Waals surface area contributed by atoms with Gasteiger partial charge >= 0.3 is 12.1 Å². The molecule has 1 saturated carbocycles. The Morgan fingerprint density at radius 1 is 1.00 bits per heavy atom. The first kappa shape index (κ1) is 37.7. The predicted octanol–water partition coefficient (Wildman–Crippen LogP) is 8.41. The van der Waals surface area contributed by atoms with E-state index in [-0.39, 0.29) is 52.4 Å². The molecule has 3 saturated heterocycles. The van der Waals surface area contributed by atoms with Crippen LogP contribution in [0.1, 0.15) is 77.1 Å². The maximum Gasteiger partial charge on any atom is 0.415 e. The number of nitrogens with zero attached hydrogens (tertiary/aromatic N) is 3. The molecule has 4 aromatic rings. The molecule has 10 nitrogen and oxygen atoms in total. The summed E-state index contributed by atoms with van der Waals surface area (Å²) in [6, 6.07) is 16.3. The number of para-hydroxylation sites is 1. The van der Waals surface area contributed by atoms with Crippen molar-refractivity contribution in [2.75, 3.05) is 31.6 Å². The maximum atomic E-state index is 15.4. The molecular formula is C41H42Cl2FN3O7. The molecule has 0 unspecified atom stereocenters. The summed E-state index contributed by atoms with van der Waals surface area (Å²) >= 11 is 13.2. The van der Waals surface area contributed by atoms with Crippen LogP contribution in [0.4, 0.5) is 14.9 Å². The lowest BCUT2D eigenvalue weighted by atomic mass is 9.82. The van der Waals surface area contributed by atoms with Gasteiger partial charge in [0.15, 0.2) is 23.9 Å². The highest BCUT2D eigenvalue weighted by Crippen LogP contribution is 2.41. The van der Waals surface area contributed by atoms with Gasteiger partial charge in [-0.05, 0) is 111 Å². The summed E-state index contributed by atoms with van der Waals surface area (Å²) < 4.78 is 34.1. The molecule has 8 rings (SSSR count). The van der Waals surface area contributed by atoms with Crippen molar-refractivity contribution in [1.82, 2.24) is 4.90 Å². The number of carboxylic acid groups (broad SMARTS) is 1. The number of anilines is 1. The van der Waals surface area contributed by atoms with E-state index in [4.69, 9.17) is 37.4 Å². The number of rotatable bonds is 12. The van der Waals surface area contributed by atoms with Gasteiger partial charge < -0.3 is 24.5 Å². The van der Waals surface area contributed by atoms with E-state index in [1.807, 2.05) is 12.1 Å². The minimum absolute atomic E-state index is 0.00666. The van der Waals surface area contributed by atoms with Crippen molar-refractivity contribution in [3.8, 4) is 11.5 Å². The third kappa shape index (κ3) is 8.23. The van der Waals surface area contributed by atoms with E-state index in [1.54, 1.807) is 37.4 Å². The average Bonchev–Trinajstić information content (AvgIpc) is 3.67. The first-order chi connectivity index (χ1) is 26.1. The number of hydrogen-bond donors (Lipinski definition) is 1. The summed E-state index contributed by atoms with van der Waals surface area (Å²) in [7, 11) is 1.56. The highest BCUT2D eigenvalue weighted by Gasteiger charge is 2.38. The first-order valence-corrected chi connectivity index (χ1v) is 19.1. The Morgan fingerprint density at radius 2 is 1.72 bits per heavy atom. The minimum atomic E-state index is -1.17. The molecule has 4 fully saturated rings. The third-order valence-electron chi connectivity index (χ3n) is 10.9. The lowest BCUT2D eigenvalue weighted by molar-refractivity contribution is -0.605. The van der Waals surface area contributed by atoms with Crippen LogP contribution in [0.2, 0.25) is 10.0 Å². The second-order valence-electron chi connectivity index (χ2n) is 14.3. The number of aromatic nitrogens is 1. The van der Waals surface area contributed by atoms with Gasteiger partial charge in [-0.1, -0.05) is 53.5 Å². The van der Waals surface area contributed by atoms with E-state index in [0.29, 0.717) is 45.0 Å². The Hall–Kier alpha value is -4.58. The zero-order valence-electron chi connectivity index (χ0n) is 29.9. The number of carbonyl (C=O) groups excluding carboxylic acids is 1. The number of pyridine rings is 1. The summed E-state index contributed by atoms with van der Waals surface area (Å²) in [5, 5.41) is 23.0. The number of benzene rings is 3. The molecule has 2 atom stereocenters. The van der Waals surface area contributed by atoms with Gasteiger partial charge in [-0.15, -0.1) is 0 Å². The van der Waals surface area contributed by atoms with Crippen LogP contribution in [0.25, 0.3) is 0 Å². The minimum Gasteiger partial charge on any atom is -0.619 e. The molecule has 4 heterocycles. The van der Waals surface area contributed by atoms with Crippen molar-refractivity contribution in [2.45, 2.75) is 69.6 Å². The van der Waals surface area contributed by atoms with Gasteiger partial charge in [0.25, 0.3) is 0 Å². The molecule has 4 aliphatic rings. The van der Waals surface area contributed by atoms with Gasteiger partial charge in [-0.3, -0.25) is 9.80 Å². The van der Waals surface area contributed by atoms with E-state index in [1.165, 1.54) is 35.5 Å². The van der Waals surface area contributed by atoms with E-state index >= 15 is 4.39 Å². The first-order valence-electron chi connectivity index (χ1n) is 18.3. The molecular weight excluding hydrogens is 736 g/mol. The lowest BCUT2D eigenvalue weighted by Crippen LogP contribution is -2.53. The van der Waals surface area contributed by atoms with Crippen LogP contribution in [0.3, 0.4) is 0 Å². The standard InChI is InChI=1S/C41H42Cl2FN3O7/c1-52-37-13-11-27(19-38(37)53-28-6-2-3-7-28)30(20-32-33(42)22-46(51)23-34(32)43)31-18-25(10-12-29(31)40(48)49)21-47(36-9-5-4-8-35(36)44)41(50)54-39-24-45-16-14-26(39)15-17-45/h4-5,8-13,18-19,22-23,26,28,30,39H,2-3,6-7,14-17,20-21,24H2,1H3,(H,48,49)/t30-,39+/m1/s1. The largest absolute Gasteiger partial charge is 0.619 e. The number of carboxylic acids is 1. The van der Waals surface area contributed by atoms with Crippen LogP contribution in [-0.2, 0) is 17.7 Å². The summed E-state index contributed by atoms with van der Waals surface area (Å²) in [5.74, 6) is -1.17. The number of piperidine rings is 3. The Morgan fingerprint density at radius 3 is 2.37 bits per heavy atom. The van der Waals surface area contributed by atoms with Gasteiger partial charge in [0.1, 0.15) is 22.0 Å². The van der Waals surface area contributed by atoms with Crippen LogP contribution in [0, 0.1) is 16.9 Å². The van der Waals surface area contributed by atoms with Crippen molar-refractivity contribution >= 4 is 41.0 Å². The molecule has 2 bridgehead atoms. The Bertz CT molecular complexity index is 2000. The van der Waals surface area contributed by atoms with Crippen molar-refractivity contribution in [3.63, 3.8) is 0 Å². The van der Waals surface area contributed by atoms with E-state index in [2.05, 4.69) is 4.90 Å². The molecule has 1 aromatic heterocycles. The smallest absolute Gasteiger partial charge is 0.415 e. The number of ether oxygens (including phenoxy) is 3. The molecule has 0 spiro atoms. The fourth-order valence-electron chi connectivity index (χ4n) is 8.06. The fraction of sp³-hybridized carbons (Fsp3) is 0.390. The summed E-state index contributed by atoms with van der Waals surface area (Å²) in [6.45, 7) is 2.46. The average molecular weight is 779 g/mol. The topological polar surface area (TPSA) is 115 Å². The number of methoxy groups -OCH3 is 1. The summed E-state index contributed by atoms with van der Waals surface area (Å²) in [5.41, 5.74) is 2.10. The van der Waals surface area contributed by atoms with Gasteiger partial charge in [-0.2, -0.15) is 4.73 Å². The Kier molecular flexibility index (Phi) is 11.5. The second kappa shape index (κ2) is 16.4. The Balaban J connectivity index is 1.30. The van der Waals surface area contributed by atoms with Gasteiger partial charge in [-0.25, -0.2) is 14.0 Å². The van der Waals surface area contributed by atoms with Gasteiger partial charge in [0.05, 0.1) is 31.0 Å². The number of fused-ring (bicyclic) bond motifs is 3. The van der Waals surface area contributed by atoms with Gasteiger partial charge in [0, 0.05) is 18.0 Å². The molecule has 54 heavy (non-hydrogen) atoms. The maximum absolute atomic E-state index is 15.4. The molecule has 3 aromatic carbocycles. The molecule has 3 aliphatic heterocycles. The highest BCUT2D eigenvalue weighted by molar-refractivity contribution is 6.35. The molecule has 0 radical (unpaired) electrons. The van der Waals surface area contributed by atoms with Crippen LogP contribution in [0.15, 0.2) is 73.1 Å². The molecule has 1 aliphatic carbocycles. The molecule has 284 valence electrons. The van der Waals surface area contributed by atoms with Crippen LogP contribution in [-0.4, -0.2) is 61.0 Å². The van der Waals surface area contributed by atoms with Crippen molar-refractivity contribution in [3.05, 3.63) is 122 Å². The van der Waals surface area contributed by atoms with Crippen molar-refractivity contribution < 1.29 is 38.0 Å². The Labute approximate surface area is 323 Å². The van der Waals surface area contributed by atoms with Gasteiger partial charge in [0.2, 0.25) is 0 Å². The number of carbonyl (C=O) groups is 2. The number of hydrogen-bond acceptors (Lipinski definition) is 7. The number of amides is 1. The van der Waals surface area contributed by atoms with Crippen molar-refractivity contribution in [2.24, 2.45) is 5.92 Å². The van der Waals surface area contributed by atoms with Crippen LogP contribution < -0.4 is 19.1 Å². The zero-order chi connectivity index (χ0) is 37.9. The van der Waals surface area contributed by atoms with Crippen LogP contribution >= 0.6 is 23.2 Å². The van der Waals surface area contributed by atoms with Crippen LogP contribution in [0.5, 0.6) is 11.5 Å². The molecule has 1 N–H and O–H groups in total. The van der Waals surface area contributed by atoms with E-state index < -0.39 is 23.8 Å². The van der Waals surface area contributed by atoms with Crippen molar-refractivity contribution in [1.29, 1.82) is 0 Å². The lowest BCUT2D eigenvalue weighted by Gasteiger charge is -2.44. The summed E-state index contributed by atoms with van der Waals surface area (Å²) in [6.07, 6.45) is 7.33. The molecule has 1 amide bonds. The predicted molar refractivity (Wildman–Crippen MR) is 202 cm³/mol. The second-order valence-corrected chi connectivity index (χ2v) is 15.1. The normalized spacial score (nSPS) is 20.0. The monoisotopic (exact) mass is 777 g/mol. The quantitative estimate of drug-likeness (QED) is 0.113. The zero-order valence-corrected chi connectivity index (χ0v) is 31.4. The number of halogens is 3.